The maximum absolute atomic E-state index is 13.1. The number of benzene rings is 2. The normalized spacial score (nSPS) is 11.1. The second kappa shape index (κ2) is 6.43. The molecule has 4 aromatic rings. The summed E-state index contributed by atoms with van der Waals surface area (Å²) >= 11 is 7.41. The second-order valence-electron chi connectivity index (χ2n) is 5.66. The van der Waals surface area contributed by atoms with Gasteiger partial charge in [0.05, 0.1) is 5.39 Å². The minimum atomic E-state index is -0.306. The number of nitrogens with one attached hydrogen (secondary N) is 1. The fourth-order valence-corrected chi connectivity index (χ4v) is 3.94. The molecule has 0 bridgehead atoms. The molecule has 2 heterocycles. The lowest BCUT2D eigenvalue weighted by Crippen LogP contribution is -2.11. The molecule has 0 aliphatic rings. The van der Waals surface area contributed by atoms with Crippen molar-refractivity contribution in [3.8, 4) is 11.1 Å². The number of aromatic nitrogens is 2. The summed E-state index contributed by atoms with van der Waals surface area (Å²) in [5, 5.41) is 3.06. The summed E-state index contributed by atoms with van der Waals surface area (Å²) in [4.78, 5) is 20.7. The number of rotatable bonds is 3. The third-order valence-electron chi connectivity index (χ3n) is 3.91. The molecule has 6 heteroatoms. The van der Waals surface area contributed by atoms with Crippen molar-refractivity contribution < 1.29 is 4.39 Å². The van der Waals surface area contributed by atoms with Crippen LogP contribution in [0.5, 0.6) is 0 Å². The van der Waals surface area contributed by atoms with Crippen LogP contribution in [-0.4, -0.2) is 9.97 Å². The van der Waals surface area contributed by atoms with Gasteiger partial charge in [0, 0.05) is 22.4 Å². The van der Waals surface area contributed by atoms with Crippen LogP contribution < -0.4 is 5.56 Å². The van der Waals surface area contributed by atoms with E-state index in [4.69, 9.17) is 11.6 Å². The van der Waals surface area contributed by atoms with Gasteiger partial charge in [0.15, 0.2) is 0 Å². The van der Waals surface area contributed by atoms with E-state index in [9.17, 15) is 9.18 Å². The largest absolute Gasteiger partial charge is 0.310 e. The smallest absolute Gasteiger partial charge is 0.260 e. The lowest BCUT2D eigenvalue weighted by molar-refractivity contribution is 0.628. The summed E-state index contributed by atoms with van der Waals surface area (Å²) in [5.74, 6) is 0.284. The number of H-pyrrole nitrogens is 1. The molecule has 0 saturated carbocycles. The quantitative estimate of drug-likeness (QED) is 0.549. The van der Waals surface area contributed by atoms with Crippen LogP contribution in [0.4, 0.5) is 4.39 Å². The monoisotopic (exact) mass is 370 g/mol. The number of hydrogen-bond acceptors (Lipinski definition) is 3. The SMILES string of the molecule is O=c1[nH]c(Cc2cccc(Cl)c2)nc2scc(-c3ccc(F)cc3)c12. The summed E-state index contributed by atoms with van der Waals surface area (Å²) in [5.41, 5.74) is 2.35. The van der Waals surface area contributed by atoms with Crippen LogP contribution >= 0.6 is 22.9 Å². The average molecular weight is 371 g/mol. The molecule has 0 saturated heterocycles. The summed E-state index contributed by atoms with van der Waals surface area (Å²) < 4.78 is 13.1. The Kier molecular flexibility index (Phi) is 4.11. The molecule has 2 aromatic carbocycles. The highest BCUT2D eigenvalue weighted by molar-refractivity contribution is 7.17. The minimum Gasteiger partial charge on any atom is -0.310 e. The molecule has 0 radical (unpaired) electrons. The fourth-order valence-electron chi connectivity index (χ4n) is 2.76. The van der Waals surface area contributed by atoms with Crippen LogP contribution in [0.1, 0.15) is 11.4 Å². The van der Waals surface area contributed by atoms with E-state index in [0.717, 1.165) is 16.7 Å². The van der Waals surface area contributed by atoms with Crippen molar-refractivity contribution in [3.05, 3.63) is 86.5 Å². The van der Waals surface area contributed by atoms with Crippen LogP contribution in [0.15, 0.2) is 58.7 Å². The Bertz CT molecular complexity index is 1120. The molecule has 0 spiro atoms. The molecule has 2 aromatic heterocycles. The Morgan fingerprint density at radius 3 is 2.72 bits per heavy atom. The van der Waals surface area contributed by atoms with E-state index >= 15 is 0 Å². The lowest BCUT2D eigenvalue weighted by atomic mass is 10.1. The first-order valence-electron chi connectivity index (χ1n) is 7.61. The first kappa shape index (κ1) is 16.0. The molecular weight excluding hydrogens is 359 g/mol. The van der Waals surface area contributed by atoms with Crippen molar-refractivity contribution in [2.24, 2.45) is 0 Å². The van der Waals surface area contributed by atoms with Gasteiger partial charge < -0.3 is 4.98 Å². The third-order valence-corrected chi connectivity index (χ3v) is 5.02. The zero-order valence-corrected chi connectivity index (χ0v) is 14.5. The first-order chi connectivity index (χ1) is 12.1. The minimum absolute atomic E-state index is 0.192. The number of halogens is 2. The van der Waals surface area contributed by atoms with Crippen LogP contribution in [0.3, 0.4) is 0 Å². The molecule has 0 atom stereocenters. The summed E-state index contributed by atoms with van der Waals surface area (Å²) in [6.45, 7) is 0. The van der Waals surface area contributed by atoms with E-state index in [1.165, 1.54) is 23.5 Å². The molecule has 0 aliphatic carbocycles. The van der Waals surface area contributed by atoms with Gasteiger partial charge in [-0.3, -0.25) is 4.79 Å². The van der Waals surface area contributed by atoms with Gasteiger partial charge in [-0.1, -0.05) is 35.9 Å². The molecule has 0 unspecified atom stereocenters. The van der Waals surface area contributed by atoms with Crippen molar-refractivity contribution in [1.82, 2.24) is 9.97 Å². The second-order valence-corrected chi connectivity index (χ2v) is 6.95. The van der Waals surface area contributed by atoms with Gasteiger partial charge in [-0.2, -0.15) is 0 Å². The molecule has 124 valence electrons. The van der Waals surface area contributed by atoms with Crippen molar-refractivity contribution in [2.75, 3.05) is 0 Å². The van der Waals surface area contributed by atoms with Crippen LogP contribution in [0, 0.1) is 5.82 Å². The van der Waals surface area contributed by atoms with Crippen LogP contribution in [0.2, 0.25) is 5.02 Å². The maximum atomic E-state index is 13.1. The van der Waals surface area contributed by atoms with Gasteiger partial charge in [0.1, 0.15) is 16.5 Å². The van der Waals surface area contributed by atoms with Gasteiger partial charge in [-0.05, 0) is 35.4 Å². The summed E-state index contributed by atoms with van der Waals surface area (Å²) in [6.07, 6.45) is 0.496. The van der Waals surface area contributed by atoms with E-state index in [1.807, 2.05) is 23.6 Å². The van der Waals surface area contributed by atoms with Crippen molar-refractivity contribution in [1.29, 1.82) is 0 Å². The van der Waals surface area contributed by atoms with E-state index < -0.39 is 0 Å². The number of aromatic amines is 1. The standard InChI is InChI=1S/C19H12ClFN2OS/c20-13-3-1-2-11(8-13)9-16-22-18(24)17-15(10-25-19(17)23-16)12-4-6-14(21)7-5-12/h1-8,10H,9H2,(H,22,23,24). The molecule has 0 aliphatic heterocycles. The molecule has 0 fully saturated rings. The number of hydrogen-bond donors (Lipinski definition) is 1. The zero-order valence-electron chi connectivity index (χ0n) is 12.9. The van der Waals surface area contributed by atoms with Crippen LogP contribution in [0.25, 0.3) is 21.3 Å². The Hall–Kier alpha value is -2.50. The number of fused-ring (bicyclic) bond motifs is 1. The molecule has 4 rings (SSSR count). The Morgan fingerprint density at radius 1 is 1.16 bits per heavy atom. The lowest BCUT2D eigenvalue weighted by Gasteiger charge is -2.03. The third kappa shape index (κ3) is 3.21. The van der Waals surface area contributed by atoms with E-state index in [2.05, 4.69) is 9.97 Å². The van der Waals surface area contributed by atoms with Gasteiger partial charge in [-0.25, -0.2) is 9.37 Å². The fraction of sp³-hybridized carbons (Fsp3) is 0.0526. The van der Waals surface area contributed by atoms with E-state index in [-0.39, 0.29) is 11.4 Å². The predicted molar refractivity (Wildman–Crippen MR) is 99.9 cm³/mol. The number of nitrogens with zero attached hydrogens (tertiary/aromatic N) is 1. The van der Waals surface area contributed by atoms with Crippen LogP contribution in [-0.2, 0) is 6.42 Å². The molecule has 1 N–H and O–H groups in total. The van der Waals surface area contributed by atoms with Gasteiger partial charge in [0.25, 0.3) is 5.56 Å². The Morgan fingerprint density at radius 2 is 1.96 bits per heavy atom. The average Bonchev–Trinajstić information content (AvgIpc) is 3.00. The van der Waals surface area contributed by atoms with Crippen molar-refractivity contribution >= 4 is 33.2 Å². The van der Waals surface area contributed by atoms with E-state index in [1.54, 1.807) is 18.2 Å². The van der Waals surface area contributed by atoms with Gasteiger partial charge in [0.2, 0.25) is 0 Å². The molecular formula is C19H12ClFN2OS. The Balaban J connectivity index is 1.77. The molecule has 0 amide bonds. The number of thiophene rings is 1. The van der Waals surface area contributed by atoms with Crippen molar-refractivity contribution in [3.63, 3.8) is 0 Å². The highest BCUT2D eigenvalue weighted by atomic mass is 35.5. The van der Waals surface area contributed by atoms with Gasteiger partial charge >= 0.3 is 0 Å². The van der Waals surface area contributed by atoms with E-state index in [0.29, 0.717) is 27.5 Å². The Labute approximate surface area is 151 Å². The summed E-state index contributed by atoms with van der Waals surface area (Å²) in [7, 11) is 0. The first-order valence-corrected chi connectivity index (χ1v) is 8.87. The highest BCUT2D eigenvalue weighted by Gasteiger charge is 2.13. The zero-order chi connectivity index (χ0) is 17.4. The molecule has 25 heavy (non-hydrogen) atoms. The maximum Gasteiger partial charge on any atom is 0.260 e. The predicted octanol–water partition coefficient (Wildman–Crippen LogP) is 5.03. The molecule has 3 nitrogen and oxygen atoms in total. The summed E-state index contributed by atoms with van der Waals surface area (Å²) in [6, 6.07) is 13.6. The highest BCUT2D eigenvalue weighted by Crippen LogP contribution is 2.30. The topological polar surface area (TPSA) is 45.8 Å². The van der Waals surface area contributed by atoms with Crippen molar-refractivity contribution in [2.45, 2.75) is 6.42 Å². The van der Waals surface area contributed by atoms with Gasteiger partial charge in [-0.15, -0.1) is 11.3 Å².